The minimum atomic E-state index is -0.435. The molecule has 3 nitrogen and oxygen atoms in total. The zero-order valence-electron chi connectivity index (χ0n) is 11.1. The van der Waals surface area contributed by atoms with Crippen molar-refractivity contribution in [3.8, 4) is 0 Å². The molecule has 1 aromatic rings. The standard InChI is InChI=1S/C14H21BrN2O/c1-9(2)8-13(16)14(18)17-10(3)11-6-4-5-7-12(11)15/h4-7,9-10,13H,8,16H2,1-3H3,(H,17,18). The summed E-state index contributed by atoms with van der Waals surface area (Å²) in [5, 5.41) is 2.95. The molecule has 1 aromatic carbocycles. The fourth-order valence-electron chi connectivity index (χ4n) is 1.84. The third kappa shape index (κ3) is 4.42. The summed E-state index contributed by atoms with van der Waals surface area (Å²) in [7, 11) is 0. The lowest BCUT2D eigenvalue weighted by molar-refractivity contribution is -0.123. The highest BCUT2D eigenvalue weighted by Crippen LogP contribution is 2.22. The molecule has 2 atom stereocenters. The molecular formula is C14H21BrN2O. The summed E-state index contributed by atoms with van der Waals surface area (Å²) in [5.74, 6) is 0.330. The van der Waals surface area contributed by atoms with E-state index in [1.54, 1.807) is 0 Å². The van der Waals surface area contributed by atoms with Gasteiger partial charge in [-0.05, 0) is 30.9 Å². The summed E-state index contributed by atoms with van der Waals surface area (Å²) < 4.78 is 0.996. The van der Waals surface area contributed by atoms with Crippen LogP contribution in [0.3, 0.4) is 0 Å². The van der Waals surface area contributed by atoms with E-state index in [0.717, 1.165) is 10.0 Å². The topological polar surface area (TPSA) is 55.1 Å². The predicted molar refractivity (Wildman–Crippen MR) is 78.1 cm³/mol. The molecule has 0 aliphatic heterocycles. The number of halogens is 1. The van der Waals surface area contributed by atoms with E-state index in [0.29, 0.717) is 12.3 Å². The van der Waals surface area contributed by atoms with Crippen LogP contribution >= 0.6 is 15.9 Å². The van der Waals surface area contributed by atoms with Crippen molar-refractivity contribution in [3.05, 3.63) is 34.3 Å². The summed E-state index contributed by atoms with van der Waals surface area (Å²) in [5.41, 5.74) is 6.92. The van der Waals surface area contributed by atoms with Crippen molar-refractivity contribution in [1.29, 1.82) is 0 Å². The number of benzene rings is 1. The molecule has 0 saturated carbocycles. The number of nitrogens with two attached hydrogens (primary N) is 1. The highest BCUT2D eigenvalue weighted by molar-refractivity contribution is 9.10. The molecule has 1 amide bonds. The Kier molecular flexibility index (Phi) is 5.82. The summed E-state index contributed by atoms with van der Waals surface area (Å²) in [6.07, 6.45) is 0.703. The molecule has 1 rings (SSSR count). The molecular weight excluding hydrogens is 292 g/mol. The normalized spacial score (nSPS) is 14.3. The largest absolute Gasteiger partial charge is 0.348 e. The molecule has 3 N–H and O–H groups in total. The maximum atomic E-state index is 11.9. The van der Waals surface area contributed by atoms with Crippen molar-refractivity contribution in [2.75, 3.05) is 0 Å². The molecule has 0 radical (unpaired) electrons. The van der Waals surface area contributed by atoms with E-state index in [4.69, 9.17) is 5.73 Å². The van der Waals surface area contributed by atoms with E-state index in [9.17, 15) is 4.79 Å². The van der Waals surface area contributed by atoms with Crippen LogP contribution in [0.4, 0.5) is 0 Å². The van der Waals surface area contributed by atoms with Crippen LogP contribution in [0.2, 0.25) is 0 Å². The Hall–Kier alpha value is -0.870. The first-order valence-electron chi connectivity index (χ1n) is 6.22. The van der Waals surface area contributed by atoms with Gasteiger partial charge in [0.1, 0.15) is 0 Å². The number of nitrogens with one attached hydrogen (secondary N) is 1. The van der Waals surface area contributed by atoms with Crippen molar-refractivity contribution < 1.29 is 4.79 Å². The Morgan fingerprint density at radius 2 is 1.94 bits per heavy atom. The Bertz CT molecular complexity index is 407. The number of hydrogen-bond acceptors (Lipinski definition) is 2. The zero-order valence-corrected chi connectivity index (χ0v) is 12.7. The van der Waals surface area contributed by atoms with Gasteiger partial charge in [0.05, 0.1) is 12.1 Å². The average molecular weight is 313 g/mol. The van der Waals surface area contributed by atoms with Gasteiger partial charge in [-0.1, -0.05) is 48.0 Å². The number of carbonyl (C=O) groups excluding carboxylic acids is 1. The van der Waals surface area contributed by atoms with Crippen LogP contribution in [0.15, 0.2) is 28.7 Å². The molecule has 0 aliphatic carbocycles. The summed E-state index contributed by atoms with van der Waals surface area (Å²) in [6.45, 7) is 6.08. The first-order chi connectivity index (χ1) is 8.41. The molecule has 0 fully saturated rings. The molecule has 2 unspecified atom stereocenters. The smallest absolute Gasteiger partial charge is 0.237 e. The average Bonchev–Trinajstić information content (AvgIpc) is 2.28. The van der Waals surface area contributed by atoms with Crippen molar-refractivity contribution in [2.24, 2.45) is 11.7 Å². The second-order valence-electron chi connectivity index (χ2n) is 4.99. The minimum Gasteiger partial charge on any atom is -0.348 e. The lowest BCUT2D eigenvalue weighted by atomic mass is 10.0. The molecule has 18 heavy (non-hydrogen) atoms. The van der Waals surface area contributed by atoms with E-state index in [2.05, 4.69) is 35.1 Å². The lowest BCUT2D eigenvalue weighted by Crippen LogP contribution is -2.42. The van der Waals surface area contributed by atoms with Gasteiger partial charge in [-0.3, -0.25) is 4.79 Å². The van der Waals surface area contributed by atoms with Crippen LogP contribution < -0.4 is 11.1 Å². The van der Waals surface area contributed by atoms with E-state index in [1.165, 1.54) is 0 Å². The van der Waals surface area contributed by atoms with Crippen LogP contribution in [-0.2, 0) is 4.79 Å². The monoisotopic (exact) mass is 312 g/mol. The van der Waals surface area contributed by atoms with E-state index in [1.807, 2.05) is 31.2 Å². The van der Waals surface area contributed by atoms with E-state index >= 15 is 0 Å². The van der Waals surface area contributed by atoms with Gasteiger partial charge in [0, 0.05) is 4.47 Å². The minimum absolute atomic E-state index is 0.0497. The van der Waals surface area contributed by atoms with Crippen molar-refractivity contribution >= 4 is 21.8 Å². The number of hydrogen-bond donors (Lipinski definition) is 2. The maximum absolute atomic E-state index is 11.9. The summed E-state index contributed by atoms with van der Waals surface area (Å²) in [6, 6.07) is 7.37. The van der Waals surface area contributed by atoms with Gasteiger partial charge in [0.15, 0.2) is 0 Å². The third-order valence-electron chi connectivity index (χ3n) is 2.79. The van der Waals surface area contributed by atoms with Crippen LogP contribution in [0.1, 0.15) is 38.8 Å². The molecule has 0 spiro atoms. The first-order valence-corrected chi connectivity index (χ1v) is 7.01. The third-order valence-corrected chi connectivity index (χ3v) is 3.51. The fraction of sp³-hybridized carbons (Fsp3) is 0.500. The van der Waals surface area contributed by atoms with Crippen molar-refractivity contribution in [2.45, 2.75) is 39.3 Å². The van der Waals surface area contributed by atoms with E-state index < -0.39 is 6.04 Å². The number of carbonyl (C=O) groups is 1. The highest BCUT2D eigenvalue weighted by atomic mass is 79.9. The van der Waals surface area contributed by atoms with Gasteiger partial charge < -0.3 is 11.1 Å². The molecule has 0 bridgehead atoms. The maximum Gasteiger partial charge on any atom is 0.237 e. The zero-order chi connectivity index (χ0) is 13.7. The predicted octanol–water partition coefficient (Wildman–Crippen LogP) is 3.00. The quantitative estimate of drug-likeness (QED) is 0.878. The summed E-state index contributed by atoms with van der Waals surface area (Å²) in [4.78, 5) is 11.9. The Morgan fingerprint density at radius 1 is 1.33 bits per heavy atom. The first kappa shape index (κ1) is 15.2. The Morgan fingerprint density at radius 3 is 2.50 bits per heavy atom. The van der Waals surface area contributed by atoms with Crippen LogP contribution in [0.25, 0.3) is 0 Å². The van der Waals surface area contributed by atoms with E-state index in [-0.39, 0.29) is 11.9 Å². The Balaban J connectivity index is 2.62. The van der Waals surface area contributed by atoms with Gasteiger partial charge in [-0.2, -0.15) is 0 Å². The molecule has 0 heterocycles. The molecule has 100 valence electrons. The lowest BCUT2D eigenvalue weighted by Gasteiger charge is -2.19. The van der Waals surface area contributed by atoms with Crippen LogP contribution in [-0.4, -0.2) is 11.9 Å². The molecule has 4 heteroatoms. The SMILES string of the molecule is CC(C)CC(N)C(=O)NC(C)c1ccccc1Br. The van der Waals surface area contributed by atoms with Gasteiger partial charge >= 0.3 is 0 Å². The van der Waals surface area contributed by atoms with Crippen molar-refractivity contribution in [3.63, 3.8) is 0 Å². The van der Waals surface area contributed by atoms with Crippen LogP contribution in [0, 0.1) is 5.92 Å². The van der Waals surface area contributed by atoms with Crippen molar-refractivity contribution in [1.82, 2.24) is 5.32 Å². The highest BCUT2D eigenvalue weighted by Gasteiger charge is 2.18. The second-order valence-corrected chi connectivity index (χ2v) is 5.84. The van der Waals surface area contributed by atoms with Gasteiger partial charge in [-0.15, -0.1) is 0 Å². The number of rotatable bonds is 5. The Labute approximate surface area is 117 Å². The molecule has 0 aromatic heterocycles. The van der Waals surface area contributed by atoms with Gasteiger partial charge in [0.2, 0.25) is 5.91 Å². The molecule has 0 saturated heterocycles. The fourth-order valence-corrected chi connectivity index (χ4v) is 2.47. The molecule has 0 aliphatic rings. The van der Waals surface area contributed by atoms with Gasteiger partial charge in [-0.25, -0.2) is 0 Å². The van der Waals surface area contributed by atoms with Gasteiger partial charge in [0.25, 0.3) is 0 Å². The number of amides is 1. The second kappa shape index (κ2) is 6.90. The van der Waals surface area contributed by atoms with Crippen LogP contribution in [0.5, 0.6) is 0 Å². The summed E-state index contributed by atoms with van der Waals surface area (Å²) >= 11 is 3.48.